The molecule has 5 heterocycles. The normalized spacial score (nSPS) is 15.1. The summed E-state index contributed by atoms with van der Waals surface area (Å²) in [7, 11) is -0.215. The fourth-order valence-corrected chi connectivity index (χ4v) is 13.3. The molecule has 2 aliphatic rings. The van der Waals surface area contributed by atoms with Crippen LogP contribution in [0.5, 0.6) is 5.75 Å². The van der Waals surface area contributed by atoms with Crippen molar-refractivity contribution in [2.24, 2.45) is 0 Å². The topological polar surface area (TPSA) is 66.6 Å². The average Bonchev–Trinajstić information content (AvgIpc) is 3.76. The van der Waals surface area contributed by atoms with Crippen LogP contribution >= 0.6 is 0 Å². The van der Waals surface area contributed by atoms with Crippen LogP contribution in [0.25, 0.3) is 22.1 Å². The van der Waals surface area contributed by atoms with Gasteiger partial charge in [-0.25, -0.2) is 0 Å². The molecule has 0 radical (unpaired) electrons. The third-order valence-electron chi connectivity index (χ3n) is 10.8. The summed E-state index contributed by atoms with van der Waals surface area (Å²) in [6.45, 7) is 23.2. The van der Waals surface area contributed by atoms with Crippen molar-refractivity contribution in [3.05, 3.63) is 100 Å². The van der Waals surface area contributed by atoms with Gasteiger partial charge in [0, 0.05) is 62.9 Å². The zero-order valence-corrected chi connectivity index (χ0v) is 32.7. The summed E-state index contributed by atoms with van der Waals surface area (Å²) < 4.78 is 6.17. The summed E-state index contributed by atoms with van der Waals surface area (Å²) in [4.78, 5) is 17.9. The molecule has 0 amide bonds. The molecule has 2 aliphatic heterocycles. The lowest BCUT2D eigenvalue weighted by molar-refractivity contribution is 0.409. The van der Waals surface area contributed by atoms with E-state index in [1.807, 2.05) is 30.3 Å². The highest BCUT2D eigenvalue weighted by atomic mass is 28.3. The Morgan fingerprint density at radius 1 is 0.700 bits per heavy atom. The molecule has 8 bridgehead atoms. The van der Waals surface area contributed by atoms with E-state index in [1.165, 1.54) is 0 Å². The lowest BCUT2D eigenvalue weighted by Crippen LogP contribution is -2.43. The van der Waals surface area contributed by atoms with Crippen LogP contribution in [0.3, 0.4) is 0 Å². The van der Waals surface area contributed by atoms with E-state index in [4.69, 9.17) is 14.7 Å². The maximum atomic E-state index is 6.17. The fourth-order valence-electron chi connectivity index (χ4n) is 8.12. The number of ether oxygens (including phenoxy) is 1. The molecule has 6 heteroatoms. The zero-order valence-electron chi connectivity index (χ0n) is 31.7. The Morgan fingerprint density at radius 3 is 1.94 bits per heavy atom. The van der Waals surface area contributed by atoms with Gasteiger partial charge in [-0.15, -0.1) is 5.54 Å². The van der Waals surface area contributed by atoms with Crippen LogP contribution in [0, 0.1) is 23.3 Å². The maximum absolute atomic E-state index is 6.17. The minimum absolute atomic E-state index is 0.153. The molecule has 1 aromatic carbocycles. The smallest absolute Gasteiger partial charge is 0.165 e. The van der Waals surface area contributed by atoms with Gasteiger partial charge in [-0.3, -0.25) is 9.97 Å². The molecule has 50 heavy (non-hydrogen) atoms. The van der Waals surface area contributed by atoms with E-state index >= 15 is 0 Å². The van der Waals surface area contributed by atoms with Crippen molar-refractivity contribution in [1.29, 1.82) is 0 Å². The molecule has 258 valence electrons. The first-order valence-electron chi connectivity index (χ1n) is 18.0. The first kappa shape index (κ1) is 35.3. The molecule has 0 spiro atoms. The number of hydrogen-bond acceptors (Lipinski definition) is 3. The first-order chi connectivity index (χ1) is 23.6. The second-order valence-electron chi connectivity index (χ2n) is 16.3. The Hall–Kier alpha value is -4.52. The number of aromatic nitrogens is 4. The summed E-state index contributed by atoms with van der Waals surface area (Å²) in [5.74, 6) is 11.2. The molecule has 0 unspecified atom stereocenters. The van der Waals surface area contributed by atoms with Gasteiger partial charge < -0.3 is 14.7 Å². The van der Waals surface area contributed by atoms with Crippen LogP contribution in [-0.4, -0.2) is 35.1 Å². The van der Waals surface area contributed by atoms with E-state index in [2.05, 4.69) is 133 Å². The van der Waals surface area contributed by atoms with Gasteiger partial charge in [0.25, 0.3) is 0 Å². The number of hydrogen-bond donors (Lipinski definition) is 2. The number of nitrogens with one attached hydrogen (secondary N) is 2. The first-order valence-corrected chi connectivity index (χ1v) is 20.3. The molecule has 0 saturated carbocycles. The van der Waals surface area contributed by atoms with Gasteiger partial charge in [-0.1, -0.05) is 105 Å². The van der Waals surface area contributed by atoms with Crippen molar-refractivity contribution in [2.45, 2.75) is 110 Å². The van der Waals surface area contributed by atoms with Crippen molar-refractivity contribution in [3.8, 4) is 29.1 Å². The second kappa shape index (κ2) is 13.3. The summed E-state index contributed by atoms with van der Waals surface area (Å²) in [6, 6.07) is 21.0. The number of nitrogens with zero attached hydrogens (tertiary/aromatic N) is 2. The fraction of sp³-hybridized carbons (Fsp3) is 0.409. The van der Waals surface area contributed by atoms with Crippen LogP contribution in [0.4, 0.5) is 0 Å². The zero-order chi connectivity index (χ0) is 36.0. The minimum atomic E-state index is -1.94. The van der Waals surface area contributed by atoms with Crippen LogP contribution < -0.4 is 4.74 Å². The highest BCUT2D eigenvalue weighted by Crippen LogP contribution is 2.41. The Balaban J connectivity index is 1.68. The number of benzene rings is 1. The van der Waals surface area contributed by atoms with Crippen molar-refractivity contribution >= 4 is 30.1 Å². The maximum Gasteiger partial charge on any atom is 0.165 e. The van der Waals surface area contributed by atoms with Crippen molar-refractivity contribution in [1.82, 2.24) is 19.9 Å². The number of rotatable bonds is 4. The molecule has 5 nitrogen and oxygen atoms in total. The van der Waals surface area contributed by atoms with Gasteiger partial charge in [-0.2, -0.15) is 0 Å². The highest BCUT2D eigenvalue weighted by Gasteiger charge is 2.41. The molecule has 0 saturated heterocycles. The molecule has 2 N–H and O–H groups in total. The van der Waals surface area contributed by atoms with Crippen LogP contribution in [-0.2, 0) is 23.7 Å². The van der Waals surface area contributed by atoms with E-state index in [0.29, 0.717) is 16.6 Å². The molecule has 6 rings (SSSR count). The second-order valence-corrected chi connectivity index (χ2v) is 21.9. The lowest BCUT2D eigenvalue weighted by Gasteiger charge is -2.38. The Morgan fingerprint density at radius 2 is 1.30 bits per heavy atom. The van der Waals surface area contributed by atoms with Crippen molar-refractivity contribution in [3.63, 3.8) is 0 Å². The SMILES string of the molecule is COc1c2nc(cc3cc(C#C[Si](C(C)C)(C(C)C)C(C)C)c(cc4nc(cc5cc(C#Cc6ccccc6)c1[nH]5)C(C)(C)C4)[nH]3)C(C)(C)C2. The molecule has 0 aliphatic carbocycles. The van der Waals surface area contributed by atoms with Gasteiger partial charge in [0.2, 0.25) is 0 Å². The molecule has 3 aromatic heterocycles. The van der Waals surface area contributed by atoms with E-state index in [9.17, 15) is 0 Å². The minimum Gasteiger partial charge on any atom is -0.493 e. The molecular weight excluding hydrogens is 629 g/mol. The van der Waals surface area contributed by atoms with Crippen molar-refractivity contribution in [2.75, 3.05) is 7.11 Å². The number of methoxy groups -OCH3 is 1. The van der Waals surface area contributed by atoms with E-state index in [-0.39, 0.29) is 10.8 Å². The monoisotopic (exact) mass is 680 g/mol. The number of aromatic amines is 2. The van der Waals surface area contributed by atoms with Crippen LogP contribution in [0.2, 0.25) is 16.6 Å². The Bertz CT molecular complexity index is 2190. The molecule has 4 aromatic rings. The third kappa shape index (κ3) is 6.67. The van der Waals surface area contributed by atoms with Crippen LogP contribution in [0.1, 0.15) is 109 Å². The van der Waals surface area contributed by atoms with Crippen LogP contribution in [0.15, 0.2) is 60.7 Å². The molecular formula is C44H52N4OSi. The Labute approximate surface area is 299 Å². The van der Waals surface area contributed by atoms with Gasteiger partial charge in [0.15, 0.2) is 5.75 Å². The summed E-state index contributed by atoms with van der Waals surface area (Å²) in [5.41, 5.74) is 15.9. The van der Waals surface area contributed by atoms with Gasteiger partial charge in [0.1, 0.15) is 8.07 Å². The summed E-state index contributed by atoms with van der Waals surface area (Å²) in [6.07, 6.45) is 1.56. The average molecular weight is 681 g/mol. The predicted molar refractivity (Wildman–Crippen MR) is 211 cm³/mol. The van der Waals surface area contributed by atoms with E-state index in [0.717, 1.165) is 80.1 Å². The van der Waals surface area contributed by atoms with Gasteiger partial charge in [-0.05, 0) is 59.1 Å². The van der Waals surface area contributed by atoms with Crippen molar-refractivity contribution < 1.29 is 4.74 Å². The molecule has 0 atom stereocenters. The van der Waals surface area contributed by atoms with E-state index < -0.39 is 8.07 Å². The standard InChI is InChI=1S/C44H52N4OSi/c1-28(2)50(29(3)4,30(5)6)20-19-32-21-34-24-40-44(9,10)27-38(48-40)42(49-11)41-33(18-17-31-15-13-12-14-16-31)22-35(47-41)25-39-43(7,8)26-36(46-39)23-37(32)45-34/h12-16,21-25,28-30,45,47H,26-27H2,1-11H3. The summed E-state index contributed by atoms with van der Waals surface area (Å²) >= 11 is 0. The highest BCUT2D eigenvalue weighted by molar-refractivity contribution is 6.90. The Kier molecular flexibility index (Phi) is 9.40. The third-order valence-corrected chi connectivity index (χ3v) is 17.1. The summed E-state index contributed by atoms with van der Waals surface area (Å²) in [5, 5.41) is 0. The quantitative estimate of drug-likeness (QED) is 0.167. The van der Waals surface area contributed by atoms with Gasteiger partial charge >= 0.3 is 0 Å². The lowest BCUT2D eigenvalue weighted by atomic mass is 9.87. The number of fused-ring (bicyclic) bond motifs is 8. The number of H-pyrrole nitrogens is 2. The van der Waals surface area contributed by atoms with Gasteiger partial charge in [0.05, 0.1) is 29.4 Å². The van der Waals surface area contributed by atoms with E-state index in [1.54, 1.807) is 7.11 Å². The molecule has 0 fully saturated rings. The largest absolute Gasteiger partial charge is 0.493 e. The predicted octanol–water partition coefficient (Wildman–Crippen LogP) is 10.3.